The van der Waals surface area contributed by atoms with Crippen LogP contribution in [0.5, 0.6) is 11.5 Å². The average molecular weight is 517 g/mol. The first-order valence-corrected chi connectivity index (χ1v) is 11.3. The third-order valence-electron chi connectivity index (χ3n) is 5.12. The molecule has 0 bridgehead atoms. The van der Waals surface area contributed by atoms with Gasteiger partial charge in [0.2, 0.25) is 5.91 Å². The number of methoxy groups -OCH3 is 1. The number of nitrogens with zero attached hydrogens (tertiary/aromatic N) is 1. The van der Waals surface area contributed by atoms with E-state index < -0.39 is 5.97 Å². The fourth-order valence-corrected chi connectivity index (χ4v) is 3.91. The van der Waals surface area contributed by atoms with E-state index in [1.54, 1.807) is 36.4 Å². The predicted octanol–water partition coefficient (Wildman–Crippen LogP) is 5.52. The Labute approximate surface area is 205 Å². The summed E-state index contributed by atoms with van der Waals surface area (Å²) in [6.45, 7) is 0. The fourth-order valence-electron chi connectivity index (χ4n) is 3.47. The number of esters is 1. The second-order valence-corrected chi connectivity index (χ2v) is 8.24. The number of fused-ring (bicyclic) bond motifs is 1. The molecule has 6 nitrogen and oxygen atoms in total. The van der Waals surface area contributed by atoms with E-state index in [2.05, 4.69) is 26.5 Å². The second-order valence-electron chi connectivity index (χ2n) is 7.39. The lowest BCUT2D eigenvalue weighted by Gasteiger charge is -2.10. The van der Waals surface area contributed by atoms with E-state index in [-0.39, 0.29) is 18.1 Å². The molecular formula is C27H21BrN2O4. The molecule has 0 heterocycles. The van der Waals surface area contributed by atoms with Crippen LogP contribution >= 0.6 is 15.9 Å². The Hall–Kier alpha value is -3.97. The summed E-state index contributed by atoms with van der Waals surface area (Å²) in [7, 11) is 1.48. The molecule has 4 aromatic carbocycles. The normalized spacial score (nSPS) is 10.9. The lowest BCUT2D eigenvalue weighted by molar-refractivity contribution is -0.120. The van der Waals surface area contributed by atoms with Crippen LogP contribution in [0.3, 0.4) is 0 Å². The van der Waals surface area contributed by atoms with Crippen molar-refractivity contribution in [3.63, 3.8) is 0 Å². The van der Waals surface area contributed by atoms with E-state index in [1.807, 2.05) is 48.5 Å². The van der Waals surface area contributed by atoms with Gasteiger partial charge in [-0.1, -0.05) is 54.6 Å². The number of rotatable bonds is 7. The topological polar surface area (TPSA) is 77.0 Å². The lowest BCUT2D eigenvalue weighted by atomic mass is 10.0. The molecule has 4 aromatic rings. The van der Waals surface area contributed by atoms with E-state index >= 15 is 0 Å². The van der Waals surface area contributed by atoms with Crippen molar-refractivity contribution in [3.05, 3.63) is 106 Å². The number of hydrogen-bond donors (Lipinski definition) is 1. The maximum Gasteiger partial charge on any atom is 0.344 e. The first kappa shape index (κ1) is 23.2. The molecule has 4 rings (SSSR count). The average Bonchev–Trinajstić information content (AvgIpc) is 2.85. The second kappa shape index (κ2) is 10.8. The van der Waals surface area contributed by atoms with Gasteiger partial charge in [-0.05, 0) is 68.2 Å². The number of ether oxygens (including phenoxy) is 2. The van der Waals surface area contributed by atoms with Crippen LogP contribution in [0.1, 0.15) is 21.5 Å². The quantitative estimate of drug-likeness (QED) is 0.152. The van der Waals surface area contributed by atoms with Crippen molar-refractivity contribution in [1.29, 1.82) is 0 Å². The monoisotopic (exact) mass is 516 g/mol. The highest BCUT2D eigenvalue weighted by Gasteiger charge is 2.15. The predicted molar refractivity (Wildman–Crippen MR) is 135 cm³/mol. The molecule has 1 amide bonds. The van der Waals surface area contributed by atoms with Gasteiger partial charge < -0.3 is 9.47 Å². The van der Waals surface area contributed by atoms with Gasteiger partial charge in [0.1, 0.15) is 0 Å². The van der Waals surface area contributed by atoms with Crippen LogP contribution < -0.4 is 14.9 Å². The van der Waals surface area contributed by atoms with Gasteiger partial charge in [-0.3, -0.25) is 4.79 Å². The van der Waals surface area contributed by atoms with Crippen molar-refractivity contribution in [1.82, 2.24) is 5.43 Å². The molecule has 170 valence electrons. The van der Waals surface area contributed by atoms with Crippen molar-refractivity contribution in [2.45, 2.75) is 6.42 Å². The minimum absolute atomic E-state index is 0.214. The number of carbonyl (C=O) groups is 2. The molecule has 0 unspecified atom stereocenters. The highest BCUT2D eigenvalue weighted by Crippen LogP contribution is 2.29. The van der Waals surface area contributed by atoms with Crippen LogP contribution in [0.2, 0.25) is 0 Å². The maximum atomic E-state index is 12.5. The van der Waals surface area contributed by atoms with Gasteiger partial charge in [0.05, 0.1) is 25.3 Å². The van der Waals surface area contributed by atoms with Gasteiger partial charge in [-0.25, -0.2) is 10.2 Å². The number of carbonyl (C=O) groups excluding carboxylic acids is 2. The van der Waals surface area contributed by atoms with Crippen LogP contribution in [-0.4, -0.2) is 25.2 Å². The van der Waals surface area contributed by atoms with E-state index in [4.69, 9.17) is 9.47 Å². The Bertz CT molecular complexity index is 1380. The summed E-state index contributed by atoms with van der Waals surface area (Å²) in [6, 6.07) is 25.8. The third-order valence-corrected chi connectivity index (χ3v) is 5.81. The fraction of sp³-hybridized carbons (Fsp3) is 0.0741. The van der Waals surface area contributed by atoms with Crippen molar-refractivity contribution in [3.8, 4) is 11.5 Å². The summed E-state index contributed by atoms with van der Waals surface area (Å²) in [5, 5.41) is 6.18. The van der Waals surface area contributed by atoms with Gasteiger partial charge in [-0.2, -0.15) is 5.10 Å². The Morgan fingerprint density at radius 2 is 1.71 bits per heavy atom. The van der Waals surface area contributed by atoms with Crippen molar-refractivity contribution < 1.29 is 19.1 Å². The maximum absolute atomic E-state index is 12.5. The van der Waals surface area contributed by atoms with Crippen LogP contribution in [-0.2, 0) is 11.2 Å². The zero-order valence-electron chi connectivity index (χ0n) is 18.3. The van der Waals surface area contributed by atoms with Crippen LogP contribution in [0.25, 0.3) is 10.8 Å². The Morgan fingerprint density at radius 1 is 0.941 bits per heavy atom. The Balaban J connectivity index is 1.40. The molecule has 0 saturated heterocycles. The van der Waals surface area contributed by atoms with E-state index in [0.29, 0.717) is 21.3 Å². The van der Waals surface area contributed by atoms with Crippen LogP contribution in [0.15, 0.2) is 94.5 Å². The van der Waals surface area contributed by atoms with E-state index in [9.17, 15) is 9.59 Å². The molecular weight excluding hydrogens is 496 g/mol. The van der Waals surface area contributed by atoms with Gasteiger partial charge >= 0.3 is 5.97 Å². The van der Waals surface area contributed by atoms with Crippen LogP contribution in [0, 0.1) is 0 Å². The van der Waals surface area contributed by atoms with Crippen molar-refractivity contribution >= 4 is 44.8 Å². The standard InChI is InChI=1S/C27H21BrN2O4/c1-33-25-15-18(13-14-24(25)34-27(32)22-11-4-5-12-23(22)28)17-29-30-26(31)16-20-9-6-8-19-7-2-3-10-21(19)20/h2-15,17H,16H2,1H3,(H,30,31)/b29-17+. The first-order chi connectivity index (χ1) is 16.5. The Kier molecular flexibility index (Phi) is 7.34. The summed E-state index contributed by atoms with van der Waals surface area (Å²) in [4.78, 5) is 24.9. The van der Waals surface area contributed by atoms with E-state index in [1.165, 1.54) is 13.3 Å². The highest BCUT2D eigenvalue weighted by molar-refractivity contribution is 9.10. The molecule has 0 fully saturated rings. The summed E-state index contributed by atoms with van der Waals surface area (Å²) in [6.07, 6.45) is 1.72. The van der Waals surface area contributed by atoms with Crippen LogP contribution in [0.4, 0.5) is 0 Å². The number of hydrogen-bond acceptors (Lipinski definition) is 5. The van der Waals surface area contributed by atoms with Gasteiger partial charge in [0.25, 0.3) is 0 Å². The number of hydrazone groups is 1. The molecule has 34 heavy (non-hydrogen) atoms. The first-order valence-electron chi connectivity index (χ1n) is 10.5. The highest BCUT2D eigenvalue weighted by atomic mass is 79.9. The zero-order valence-corrected chi connectivity index (χ0v) is 19.9. The molecule has 0 saturated carbocycles. The summed E-state index contributed by atoms with van der Waals surface area (Å²) < 4.78 is 11.5. The molecule has 0 aliphatic carbocycles. The number of benzene rings is 4. The lowest BCUT2D eigenvalue weighted by Crippen LogP contribution is -2.19. The molecule has 0 aliphatic heterocycles. The molecule has 0 aromatic heterocycles. The summed E-state index contributed by atoms with van der Waals surface area (Å²) >= 11 is 3.35. The molecule has 0 aliphatic rings. The van der Waals surface area contributed by atoms with E-state index in [0.717, 1.165) is 16.3 Å². The molecule has 0 atom stereocenters. The zero-order chi connectivity index (χ0) is 23.9. The Morgan fingerprint density at radius 3 is 2.53 bits per heavy atom. The summed E-state index contributed by atoms with van der Waals surface area (Å²) in [5.41, 5.74) is 4.57. The largest absolute Gasteiger partial charge is 0.493 e. The van der Waals surface area contributed by atoms with Gasteiger partial charge in [0.15, 0.2) is 11.5 Å². The SMILES string of the molecule is COc1cc(/C=N/NC(=O)Cc2cccc3ccccc23)ccc1OC(=O)c1ccccc1Br. The molecule has 1 N–H and O–H groups in total. The number of nitrogens with one attached hydrogen (secondary N) is 1. The van der Waals surface area contributed by atoms with Gasteiger partial charge in [0, 0.05) is 4.47 Å². The van der Waals surface area contributed by atoms with Crippen molar-refractivity contribution in [2.24, 2.45) is 5.10 Å². The van der Waals surface area contributed by atoms with Crippen molar-refractivity contribution in [2.75, 3.05) is 7.11 Å². The minimum Gasteiger partial charge on any atom is -0.493 e. The minimum atomic E-state index is -0.507. The smallest absolute Gasteiger partial charge is 0.344 e. The number of halogens is 1. The van der Waals surface area contributed by atoms with Gasteiger partial charge in [-0.15, -0.1) is 0 Å². The molecule has 7 heteroatoms. The molecule has 0 radical (unpaired) electrons. The number of amides is 1. The molecule has 0 spiro atoms. The summed E-state index contributed by atoms with van der Waals surface area (Å²) in [5.74, 6) is -0.0849. The third kappa shape index (κ3) is 5.50.